The zero-order chi connectivity index (χ0) is 17.4. The van der Waals surface area contributed by atoms with Crippen LogP contribution in [0.5, 0.6) is 11.5 Å². The van der Waals surface area contributed by atoms with E-state index in [-0.39, 0.29) is 12.7 Å². The minimum absolute atomic E-state index is 0.0735. The Morgan fingerprint density at radius 3 is 2.72 bits per heavy atom. The molecular weight excluding hydrogens is 422 g/mol. The van der Waals surface area contributed by atoms with E-state index in [0.717, 1.165) is 21.3 Å². The lowest BCUT2D eigenvalue weighted by Gasteiger charge is -2.14. The molecule has 126 valence electrons. The summed E-state index contributed by atoms with van der Waals surface area (Å²) in [6, 6.07) is 13.5. The van der Waals surface area contributed by atoms with Crippen LogP contribution in [0.4, 0.5) is 0 Å². The Morgan fingerprint density at radius 2 is 1.92 bits per heavy atom. The van der Waals surface area contributed by atoms with Crippen LogP contribution in [0.15, 0.2) is 51.8 Å². The number of rotatable bonds is 3. The molecule has 1 saturated heterocycles. The predicted octanol–water partition coefficient (Wildman–Crippen LogP) is 4.58. The fourth-order valence-corrected chi connectivity index (χ4v) is 4.09. The monoisotopic (exact) mass is 433 g/mol. The number of benzene rings is 2. The third-order valence-electron chi connectivity index (χ3n) is 3.82. The van der Waals surface area contributed by atoms with Gasteiger partial charge in [0.2, 0.25) is 6.79 Å². The molecule has 1 amide bonds. The van der Waals surface area contributed by atoms with Crippen LogP contribution < -0.4 is 9.47 Å². The molecule has 2 aromatic rings. The summed E-state index contributed by atoms with van der Waals surface area (Å²) in [4.78, 5) is 15.0. The highest BCUT2D eigenvalue weighted by Gasteiger charge is 2.32. The van der Waals surface area contributed by atoms with E-state index in [2.05, 4.69) is 15.9 Å². The molecule has 0 radical (unpaired) electrons. The van der Waals surface area contributed by atoms with Gasteiger partial charge in [-0.3, -0.25) is 9.69 Å². The van der Waals surface area contributed by atoms with E-state index in [0.29, 0.717) is 21.5 Å². The van der Waals surface area contributed by atoms with Gasteiger partial charge in [-0.2, -0.15) is 0 Å². The van der Waals surface area contributed by atoms with Crippen molar-refractivity contribution in [2.75, 3.05) is 6.79 Å². The normalized spacial score (nSPS) is 17.6. The van der Waals surface area contributed by atoms with E-state index < -0.39 is 0 Å². The number of carbonyl (C=O) groups excluding carboxylic acids is 1. The first-order valence-electron chi connectivity index (χ1n) is 7.49. The smallest absolute Gasteiger partial charge is 0.266 e. The topological polar surface area (TPSA) is 38.8 Å². The lowest BCUT2D eigenvalue weighted by molar-refractivity contribution is -0.122. The molecule has 4 rings (SSSR count). The highest BCUT2D eigenvalue weighted by atomic mass is 79.9. The summed E-state index contributed by atoms with van der Waals surface area (Å²) in [7, 11) is 0. The van der Waals surface area contributed by atoms with E-state index in [9.17, 15) is 4.79 Å². The lowest BCUT2D eigenvalue weighted by Crippen LogP contribution is -2.27. The average molecular weight is 434 g/mol. The largest absolute Gasteiger partial charge is 0.454 e. The molecule has 2 aromatic carbocycles. The Labute approximate surface area is 162 Å². The summed E-state index contributed by atoms with van der Waals surface area (Å²) >= 11 is 10.1. The highest BCUT2D eigenvalue weighted by Crippen LogP contribution is 2.36. The molecule has 1 fully saturated rings. The van der Waals surface area contributed by atoms with Gasteiger partial charge in [-0.05, 0) is 41.5 Å². The van der Waals surface area contributed by atoms with Crippen molar-refractivity contribution in [2.45, 2.75) is 6.54 Å². The summed E-state index contributed by atoms with van der Waals surface area (Å²) in [5, 5.41) is 0. The van der Waals surface area contributed by atoms with Gasteiger partial charge in [0.05, 0.1) is 11.4 Å². The Kier molecular flexibility index (Phi) is 4.54. The standard InChI is InChI=1S/C18H12BrNO3S2/c19-13-4-1-11(2-5-13)8-16-17(21)20(18(24)25-16)9-12-3-6-14-15(7-12)23-10-22-14/h1-8H,9-10H2. The number of halogens is 1. The van der Waals surface area contributed by atoms with Crippen molar-refractivity contribution in [3.05, 3.63) is 63.0 Å². The quantitative estimate of drug-likeness (QED) is 0.523. The molecule has 0 bridgehead atoms. The van der Waals surface area contributed by atoms with Crippen molar-refractivity contribution in [1.29, 1.82) is 0 Å². The van der Waals surface area contributed by atoms with Crippen LogP contribution in [0.1, 0.15) is 11.1 Å². The molecule has 0 saturated carbocycles. The zero-order valence-corrected chi connectivity index (χ0v) is 16.1. The van der Waals surface area contributed by atoms with Crippen LogP contribution in [0.2, 0.25) is 0 Å². The molecule has 7 heteroatoms. The van der Waals surface area contributed by atoms with E-state index in [1.165, 1.54) is 11.8 Å². The van der Waals surface area contributed by atoms with Crippen LogP contribution in [-0.4, -0.2) is 21.9 Å². The molecule has 2 aliphatic heterocycles. The summed E-state index contributed by atoms with van der Waals surface area (Å²) in [6.07, 6.45) is 1.87. The van der Waals surface area contributed by atoms with Crippen molar-refractivity contribution >= 4 is 56.2 Å². The van der Waals surface area contributed by atoms with Gasteiger partial charge in [0.25, 0.3) is 5.91 Å². The average Bonchev–Trinajstić information content (AvgIpc) is 3.17. The van der Waals surface area contributed by atoms with E-state index >= 15 is 0 Å². The maximum absolute atomic E-state index is 12.7. The van der Waals surface area contributed by atoms with Crippen LogP contribution in [0, 0.1) is 0 Å². The SMILES string of the molecule is O=C1C(=Cc2ccc(Br)cc2)SC(=S)N1Cc1ccc2c(c1)OCO2. The van der Waals surface area contributed by atoms with Gasteiger partial charge in [0.15, 0.2) is 11.5 Å². The summed E-state index contributed by atoms with van der Waals surface area (Å²) < 4.78 is 12.3. The van der Waals surface area contributed by atoms with Gasteiger partial charge in [0.1, 0.15) is 4.32 Å². The molecule has 0 aromatic heterocycles. The van der Waals surface area contributed by atoms with Crippen molar-refractivity contribution in [1.82, 2.24) is 4.90 Å². The number of hydrogen-bond donors (Lipinski definition) is 0. The Morgan fingerprint density at radius 1 is 1.16 bits per heavy atom. The van der Waals surface area contributed by atoms with Crippen molar-refractivity contribution in [3.63, 3.8) is 0 Å². The molecular formula is C18H12BrNO3S2. The van der Waals surface area contributed by atoms with Crippen LogP contribution in [0.25, 0.3) is 6.08 Å². The first-order valence-corrected chi connectivity index (χ1v) is 9.51. The lowest BCUT2D eigenvalue weighted by atomic mass is 10.2. The fourth-order valence-electron chi connectivity index (χ4n) is 2.57. The third kappa shape index (κ3) is 3.44. The van der Waals surface area contributed by atoms with Crippen molar-refractivity contribution in [3.8, 4) is 11.5 Å². The Balaban J connectivity index is 1.54. The zero-order valence-electron chi connectivity index (χ0n) is 12.9. The first kappa shape index (κ1) is 16.6. The Bertz CT molecular complexity index is 896. The maximum atomic E-state index is 12.7. The summed E-state index contributed by atoms with van der Waals surface area (Å²) in [6.45, 7) is 0.648. The third-order valence-corrected chi connectivity index (χ3v) is 5.73. The van der Waals surface area contributed by atoms with E-state index in [1.807, 2.05) is 48.5 Å². The first-order chi connectivity index (χ1) is 12.1. The number of ether oxygens (including phenoxy) is 2. The number of carbonyl (C=O) groups is 1. The van der Waals surface area contributed by atoms with Crippen LogP contribution >= 0.6 is 39.9 Å². The molecule has 25 heavy (non-hydrogen) atoms. The van der Waals surface area contributed by atoms with Gasteiger partial charge in [-0.25, -0.2) is 0 Å². The molecule has 2 heterocycles. The molecule has 0 aliphatic carbocycles. The molecule has 0 atom stereocenters. The van der Waals surface area contributed by atoms with Crippen LogP contribution in [-0.2, 0) is 11.3 Å². The van der Waals surface area contributed by atoms with Gasteiger partial charge in [0, 0.05) is 4.47 Å². The number of fused-ring (bicyclic) bond motifs is 1. The predicted molar refractivity (Wildman–Crippen MR) is 105 cm³/mol. The summed E-state index contributed by atoms with van der Waals surface area (Å²) in [5.41, 5.74) is 1.91. The molecule has 2 aliphatic rings. The van der Waals surface area contributed by atoms with Crippen molar-refractivity contribution < 1.29 is 14.3 Å². The number of amides is 1. The second kappa shape index (κ2) is 6.82. The number of thioether (sulfide) groups is 1. The molecule has 4 nitrogen and oxygen atoms in total. The second-order valence-corrected chi connectivity index (χ2v) is 8.10. The van der Waals surface area contributed by atoms with Gasteiger partial charge in [-0.1, -0.05) is 58.1 Å². The van der Waals surface area contributed by atoms with Crippen molar-refractivity contribution in [2.24, 2.45) is 0 Å². The van der Waals surface area contributed by atoms with Gasteiger partial charge < -0.3 is 9.47 Å². The second-order valence-electron chi connectivity index (χ2n) is 5.51. The molecule has 0 N–H and O–H groups in total. The summed E-state index contributed by atoms with van der Waals surface area (Å²) in [5.74, 6) is 1.35. The number of hydrogen-bond acceptors (Lipinski definition) is 5. The fraction of sp³-hybridized carbons (Fsp3) is 0.111. The van der Waals surface area contributed by atoms with E-state index in [4.69, 9.17) is 21.7 Å². The molecule has 0 unspecified atom stereocenters. The van der Waals surface area contributed by atoms with Gasteiger partial charge >= 0.3 is 0 Å². The van der Waals surface area contributed by atoms with Crippen LogP contribution in [0.3, 0.4) is 0 Å². The number of thiocarbonyl (C=S) groups is 1. The Hall–Kier alpha value is -1.83. The van der Waals surface area contributed by atoms with E-state index in [1.54, 1.807) is 4.90 Å². The molecule has 0 spiro atoms. The minimum Gasteiger partial charge on any atom is -0.454 e. The maximum Gasteiger partial charge on any atom is 0.266 e. The highest BCUT2D eigenvalue weighted by molar-refractivity contribution is 9.10. The number of nitrogens with zero attached hydrogens (tertiary/aromatic N) is 1. The van der Waals surface area contributed by atoms with Gasteiger partial charge in [-0.15, -0.1) is 0 Å². The minimum atomic E-state index is -0.0735.